The van der Waals surface area contributed by atoms with E-state index in [1.54, 1.807) is 0 Å². The van der Waals surface area contributed by atoms with Crippen molar-refractivity contribution in [3.63, 3.8) is 0 Å². The van der Waals surface area contributed by atoms with Crippen LogP contribution in [-0.2, 0) is 0 Å². The van der Waals surface area contributed by atoms with Crippen LogP contribution in [0.1, 0.15) is 12.8 Å². The number of nitro groups is 1. The number of alkyl halides is 1. The van der Waals surface area contributed by atoms with Gasteiger partial charge in [-0.3, -0.25) is 10.1 Å². The van der Waals surface area contributed by atoms with Crippen LogP contribution in [0.3, 0.4) is 0 Å². The third-order valence-electron chi connectivity index (χ3n) is 3.41. The minimum absolute atomic E-state index is 0.203. The minimum Gasteiger partial charge on any atom is -0.258 e. The lowest BCUT2D eigenvalue weighted by molar-refractivity contribution is -0.422. The second kappa shape index (κ2) is 3.55. The van der Waals surface area contributed by atoms with Gasteiger partial charge in [0.1, 0.15) is 0 Å². The molecule has 0 aromatic carbocycles. The molecule has 0 bridgehead atoms. The highest BCUT2D eigenvalue weighted by Crippen LogP contribution is 2.47. The molecule has 2 unspecified atom stereocenters. The van der Waals surface area contributed by atoms with Gasteiger partial charge in [0.15, 0.2) is 0 Å². The predicted octanol–water partition coefficient (Wildman–Crippen LogP) is 3.17. The predicted molar refractivity (Wildman–Crippen MR) is 69.9 cm³/mol. The molecule has 0 amide bonds. The zero-order valence-electron chi connectivity index (χ0n) is 8.52. The highest BCUT2D eigenvalue weighted by atomic mass is 127. The summed E-state index contributed by atoms with van der Waals surface area (Å²) in [4.78, 5) is 11.0. The standard InChI is InChI=1S/C12H10INO2/c13-10-5-4-8-6-7-2-1-3-9(7)12(11(8)10)14(15)16/h1-3,6,8,10H,4-5H2. The first kappa shape index (κ1) is 10.3. The van der Waals surface area contributed by atoms with Gasteiger partial charge < -0.3 is 0 Å². The number of rotatable bonds is 1. The first-order valence-electron chi connectivity index (χ1n) is 5.32. The van der Waals surface area contributed by atoms with E-state index in [2.05, 4.69) is 28.7 Å². The van der Waals surface area contributed by atoms with Gasteiger partial charge in [-0.05, 0) is 24.5 Å². The number of allylic oxidation sites excluding steroid dienone is 6. The molecule has 3 aliphatic rings. The molecule has 4 heteroatoms. The highest BCUT2D eigenvalue weighted by molar-refractivity contribution is 14.1. The van der Waals surface area contributed by atoms with Gasteiger partial charge in [0.05, 0.1) is 10.5 Å². The maximum Gasteiger partial charge on any atom is 0.278 e. The average molecular weight is 327 g/mol. The molecular formula is C12H10INO2. The van der Waals surface area contributed by atoms with E-state index in [0.717, 1.165) is 29.6 Å². The largest absolute Gasteiger partial charge is 0.278 e. The van der Waals surface area contributed by atoms with Crippen molar-refractivity contribution >= 4 is 22.6 Å². The van der Waals surface area contributed by atoms with Gasteiger partial charge in [-0.2, -0.15) is 0 Å². The molecule has 0 saturated heterocycles. The van der Waals surface area contributed by atoms with Crippen LogP contribution in [0.15, 0.2) is 46.7 Å². The first-order chi connectivity index (χ1) is 7.68. The van der Waals surface area contributed by atoms with Crippen LogP contribution in [0.4, 0.5) is 0 Å². The smallest absolute Gasteiger partial charge is 0.258 e. The zero-order chi connectivity index (χ0) is 11.3. The Bertz CT molecular complexity index is 499. The van der Waals surface area contributed by atoms with Crippen LogP contribution >= 0.6 is 22.6 Å². The number of hydrogen-bond donors (Lipinski definition) is 0. The van der Waals surface area contributed by atoms with E-state index in [1.165, 1.54) is 0 Å². The Morgan fingerprint density at radius 2 is 2.25 bits per heavy atom. The van der Waals surface area contributed by atoms with Crippen LogP contribution in [0.25, 0.3) is 0 Å². The lowest BCUT2D eigenvalue weighted by atomic mass is 9.87. The molecular weight excluding hydrogens is 317 g/mol. The minimum atomic E-state index is -0.203. The third kappa shape index (κ3) is 1.32. The van der Waals surface area contributed by atoms with E-state index in [-0.39, 0.29) is 10.8 Å². The van der Waals surface area contributed by atoms with Crippen molar-refractivity contribution in [2.75, 3.05) is 0 Å². The Balaban J connectivity index is 2.20. The van der Waals surface area contributed by atoms with E-state index in [9.17, 15) is 10.1 Å². The summed E-state index contributed by atoms with van der Waals surface area (Å²) in [6, 6.07) is 0. The van der Waals surface area contributed by atoms with E-state index < -0.39 is 0 Å². The number of nitrogens with zero attached hydrogens (tertiary/aromatic N) is 1. The van der Waals surface area contributed by atoms with Crippen molar-refractivity contribution in [2.24, 2.45) is 5.92 Å². The van der Waals surface area contributed by atoms with Crippen LogP contribution in [0, 0.1) is 16.0 Å². The fraction of sp³-hybridized carbons (Fsp3) is 0.333. The van der Waals surface area contributed by atoms with Gasteiger partial charge >= 0.3 is 0 Å². The topological polar surface area (TPSA) is 43.1 Å². The summed E-state index contributed by atoms with van der Waals surface area (Å²) in [6.07, 6.45) is 10.0. The molecule has 1 fully saturated rings. The normalized spacial score (nSPS) is 31.1. The molecule has 3 rings (SSSR count). The average Bonchev–Trinajstić information content (AvgIpc) is 2.82. The molecule has 0 N–H and O–H groups in total. The van der Waals surface area contributed by atoms with Crippen molar-refractivity contribution in [3.05, 3.63) is 56.8 Å². The van der Waals surface area contributed by atoms with Crippen molar-refractivity contribution in [3.8, 4) is 0 Å². The van der Waals surface area contributed by atoms with Crippen molar-refractivity contribution in [1.82, 2.24) is 0 Å². The summed E-state index contributed by atoms with van der Waals surface area (Å²) >= 11 is 2.33. The van der Waals surface area contributed by atoms with E-state index in [1.807, 2.05) is 18.2 Å². The fourth-order valence-corrected chi connectivity index (χ4v) is 3.85. The van der Waals surface area contributed by atoms with Gasteiger partial charge in [0.25, 0.3) is 5.70 Å². The third-order valence-corrected chi connectivity index (χ3v) is 4.70. The molecule has 0 heterocycles. The van der Waals surface area contributed by atoms with Gasteiger partial charge in [0, 0.05) is 15.4 Å². The SMILES string of the molecule is O=[N+]([O-])C1=C2C(I)CCC2C=C2C=CC=C21. The molecule has 0 radical (unpaired) electrons. The van der Waals surface area contributed by atoms with Gasteiger partial charge in [-0.1, -0.05) is 40.8 Å². The van der Waals surface area contributed by atoms with E-state index in [0.29, 0.717) is 9.62 Å². The Morgan fingerprint density at radius 1 is 1.44 bits per heavy atom. The Labute approximate surface area is 107 Å². The van der Waals surface area contributed by atoms with Gasteiger partial charge in [-0.25, -0.2) is 0 Å². The maximum absolute atomic E-state index is 11.2. The monoisotopic (exact) mass is 327 g/mol. The lowest BCUT2D eigenvalue weighted by Gasteiger charge is -2.18. The van der Waals surface area contributed by atoms with Crippen LogP contribution in [0.5, 0.6) is 0 Å². The molecule has 1 saturated carbocycles. The second-order valence-electron chi connectivity index (χ2n) is 4.27. The summed E-state index contributed by atoms with van der Waals surface area (Å²) in [6.45, 7) is 0. The fourth-order valence-electron chi connectivity index (χ4n) is 2.74. The lowest BCUT2D eigenvalue weighted by Crippen LogP contribution is -2.16. The molecule has 0 aliphatic heterocycles. The second-order valence-corrected chi connectivity index (χ2v) is 5.78. The Hall–Kier alpha value is -0.910. The molecule has 82 valence electrons. The molecule has 3 nitrogen and oxygen atoms in total. The van der Waals surface area contributed by atoms with E-state index in [4.69, 9.17) is 0 Å². The summed E-state index contributed by atoms with van der Waals surface area (Å²) < 4.78 is 0.322. The number of halogens is 1. The highest BCUT2D eigenvalue weighted by Gasteiger charge is 2.40. The van der Waals surface area contributed by atoms with E-state index >= 15 is 0 Å². The van der Waals surface area contributed by atoms with Gasteiger partial charge in [-0.15, -0.1) is 0 Å². The summed E-state index contributed by atoms with van der Waals surface area (Å²) in [5.41, 5.74) is 3.24. The van der Waals surface area contributed by atoms with Gasteiger partial charge in [0.2, 0.25) is 0 Å². The quantitative estimate of drug-likeness (QED) is 0.321. The van der Waals surface area contributed by atoms with Crippen LogP contribution in [-0.4, -0.2) is 8.85 Å². The van der Waals surface area contributed by atoms with Crippen molar-refractivity contribution < 1.29 is 4.92 Å². The molecule has 16 heavy (non-hydrogen) atoms. The van der Waals surface area contributed by atoms with Crippen LogP contribution < -0.4 is 0 Å². The summed E-state index contributed by atoms with van der Waals surface area (Å²) in [7, 11) is 0. The maximum atomic E-state index is 11.2. The first-order valence-corrected chi connectivity index (χ1v) is 6.56. The van der Waals surface area contributed by atoms with Crippen molar-refractivity contribution in [1.29, 1.82) is 0 Å². The van der Waals surface area contributed by atoms with Crippen molar-refractivity contribution in [2.45, 2.75) is 16.8 Å². The molecule has 3 aliphatic carbocycles. The summed E-state index contributed by atoms with van der Waals surface area (Å²) in [5.74, 6) is 0.289. The molecule has 0 spiro atoms. The number of fused-ring (bicyclic) bond motifs is 2. The Kier molecular flexibility index (Phi) is 2.27. The Morgan fingerprint density at radius 3 is 3.00 bits per heavy atom. The zero-order valence-corrected chi connectivity index (χ0v) is 10.7. The molecule has 0 aromatic rings. The van der Waals surface area contributed by atoms with Crippen LogP contribution in [0.2, 0.25) is 0 Å². The number of hydrogen-bond acceptors (Lipinski definition) is 2. The molecule has 0 aromatic heterocycles. The summed E-state index contributed by atoms with van der Waals surface area (Å²) in [5, 5.41) is 11.2. The molecule has 2 atom stereocenters.